The number of carbonyl (C=O) groups excluding carboxylic acids is 1. The second kappa shape index (κ2) is 12.7. The second-order valence-corrected chi connectivity index (χ2v) is 10.0. The zero-order valence-electron chi connectivity index (χ0n) is 19.6. The maximum Gasteiger partial charge on any atom is 0.328 e. The lowest BCUT2D eigenvalue weighted by atomic mass is 10.0. The van der Waals surface area contributed by atoms with Crippen molar-refractivity contribution < 1.29 is 29.3 Å². The van der Waals surface area contributed by atoms with Crippen molar-refractivity contribution >= 4 is 33.7 Å². The van der Waals surface area contributed by atoms with Gasteiger partial charge in [-0.2, -0.15) is 0 Å². The Morgan fingerprint density at radius 3 is 1.97 bits per heavy atom. The van der Waals surface area contributed by atoms with E-state index in [-0.39, 0.29) is 5.78 Å². The van der Waals surface area contributed by atoms with Gasteiger partial charge >= 0.3 is 11.9 Å². The monoisotopic (exact) mass is 543 g/mol. The van der Waals surface area contributed by atoms with E-state index >= 15 is 0 Å². The van der Waals surface area contributed by atoms with Gasteiger partial charge < -0.3 is 19.8 Å². The van der Waals surface area contributed by atoms with Crippen LogP contribution in [0.15, 0.2) is 65.2 Å². The molecule has 4 rings (SSSR count). The molecule has 0 saturated heterocycles. The number of hydrogen-bond acceptors (Lipinski definition) is 5. The van der Waals surface area contributed by atoms with Crippen LogP contribution in [0.5, 0.6) is 5.75 Å². The zero-order chi connectivity index (χ0) is 25.4. The van der Waals surface area contributed by atoms with E-state index in [4.69, 9.17) is 14.9 Å². The summed E-state index contributed by atoms with van der Waals surface area (Å²) in [6.07, 6.45) is 5.23. The molecule has 2 N–H and O–H groups in total. The summed E-state index contributed by atoms with van der Waals surface area (Å²) in [6, 6.07) is 15.0. The van der Waals surface area contributed by atoms with Crippen LogP contribution in [0.3, 0.4) is 0 Å². The molecule has 0 radical (unpaired) electrons. The van der Waals surface area contributed by atoms with Crippen LogP contribution in [0.2, 0.25) is 0 Å². The van der Waals surface area contributed by atoms with Gasteiger partial charge in [0.05, 0.1) is 6.61 Å². The van der Waals surface area contributed by atoms with Crippen molar-refractivity contribution in [3.8, 4) is 5.75 Å². The minimum Gasteiger partial charge on any atom is -0.493 e. The molecule has 0 bridgehead atoms. The van der Waals surface area contributed by atoms with Crippen LogP contribution in [-0.2, 0) is 9.59 Å². The molecule has 2 atom stereocenters. The van der Waals surface area contributed by atoms with Crippen LogP contribution in [0.25, 0.3) is 0 Å². The Labute approximate surface area is 213 Å². The highest BCUT2D eigenvalue weighted by atomic mass is 79.9. The van der Waals surface area contributed by atoms with Gasteiger partial charge in [0, 0.05) is 40.8 Å². The molecule has 0 heterocycles. The summed E-state index contributed by atoms with van der Waals surface area (Å²) in [5.74, 6) is 0.791. The molecule has 35 heavy (non-hydrogen) atoms. The first-order chi connectivity index (χ1) is 16.7. The number of ether oxygens (including phenoxy) is 1. The first-order valence-electron chi connectivity index (χ1n) is 11.6. The summed E-state index contributed by atoms with van der Waals surface area (Å²) < 4.78 is 6.93. The summed E-state index contributed by atoms with van der Waals surface area (Å²) in [6.45, 7) is 3.24. The molecule has 0 spiro atoms. The van der Waals surface area contributed by atoms with Gasteiger partial charge in [-0.1, -0.05) is 15.9 Å². The Morgan fingerprint density at radius 1 is 0.914 bits per heavy atom. The Hall–Kier alpha value is -2.97. The molecular weight excluding hydrogens is 514 g/mol. The van der Waals surface area contributed by atoms with E-state index < -0.39 is 11.9 Å². The van der Waals surface area contributed by atoms with E-state index in [2.05, 4.69) is 27.9 Å². The summed E-state index contributed by atoms with van der Waals surface area (Å²) in [7, 11) is 2.25. The third kappa shape index (κ3) is 9.66. The highest BCUT2D eigenvalue weighted by Gasteiger charge is 2.38. The Morgan fingerprint density at radius 2 is 1.46 bits per heavy atom. The van der Waals surface area contributed by atoms with Crippen LogP contribution < -0.4 is 4.74 Å². The summed E-state index contributed by atoms with van der Waals surface area (Å²) in [5, 5.41) is 15.6. The minimum atomic E-state index is -1.26. The van der Waals surface area contributed by atoms with Crippen LogP contribution >= 0.6 is 15.9 Å². The van der Waals surface area contributed by atoms with Gasteiger partial charge in [-0.15, -0.1) is 0 Å². The molecule has 2 aromatic rings. The number of carboxylic acid groups (broad SMARTS) is 2. The van der Waals surface area contributed by atoms with E-state index in [0.717, 1.165) is 28.7 Å². The van der Waals surface area contributed by atoms with Crippen molar-refractivity contribution in [2.75, 3.05) is 26.7 Å². The molecule has 0 aromatic heterocycles. The maximum absolute atomic E-state index is 12.5. The topological polar surface area (TPSA) is 104 Å². The molecule has 2 aliphatic rings. The number of hydrogen-bond donors (Lipinski definition) is 2. The van der Waals surface area contributed by atoms with Crippen molar-refractivity contribution in [1.82, 2.24) is 4.90 Å². The van der Waals surface area contributed by atoms with E-state index in [1.54, 1.807) is 0 Å². The van der Waals surface area contributed by atoms with Crippen molar-refractivity contribution in [2.45, 2.75) is 19.3 Å². The number of aliphatic carboxylic acids is 2. The van der Waals surface area contributed by atoms with Gasteiger partial charge in [0.1, 0.15) is 5.75 Å². The fourth-order valence-corrected chi connectivity index (χ4v) is 4.03. The third-order valence-corrected chi connectivity index (χ3v) is 6.47. The predicted molar refractivity (Wildman–Crippen MR) is 136 cm³/mol. The number of nitrogens with zero attached hydrogens (tertiary/aromatic N) is 1. The fourth-order valence-electron chi connectivity index (χ4n) is 3.77. The molecular formula is C27H30BrNO6. The standard InChI is InChI=1S/C23H26BrNO2.C4H4O4/c1-25(13-16-2-3-16)14-19-12-20(19)15-27-22-10-6-18(7-11-22)23(26)17-4-8-21(24)9-5-17;5-3(6)1-2-4(7)8/h4-11,16,19-20H,2-3,12-15H2,1H3;1-2H,(H,5,6)(H,7,8). The number of benzene rings is 2. The van der Waals surface area contributed by atoms with Gasteiger partial charge in [0.15, 0.2) is 5.78 Å². The van der Waals surface area contributed by atoms with Crippen LogP contribution in [0, 0.1) is 17.8 Å². The highest BCUT2D eigenvalue weighted by Crippen LogP contribution is 2.40. The number of carbonyl (C=O) groups is 3. The van der Waals surface area contributed by atoms with Gasteiger partial charge in [0.2, 0.25) is 0 Å². The average molecular weight is 544 g/mol. The van der Waals surface area contributed by atoms with Crippen LogP contribution in [0.1, 0.15) is 35.2 Å². The first-order valence-corrected chi connectivity index (χ1v) is 12.4. The van der Waals surface area contributed by atoms with Crippen LogP contribution in [-0.4, -0.2) is 59.6 Å². The first kappa shape index (κ1) is 26.6. The molecule has 0 aliphatic heterocycles. The second-order valence-electron chi connectivity index (χ2n) is 9.10. The molecule has 0 amide bonds. The van der Waals surface area contributed by atoms with Crippen molar-refractivity contribution in [1.29, 1.82) is 0 Å². The molecule has 2 aliphatic carbocycles. The highest BCUT2D eigenvalue weighted by molar-refractivity contribution is 9.10. The summed E-state index contributed by atoms with van der Waals surface area (Å²) >= 11 is 3.39. The zero-order valence-corrected chi connectivity index (χ0v) is 21.2. The predicted octanol–water partition coefficient (Wildman–Crippen LogP) is 4.75. The third-order valence-electron chi connectivity index (χ3n) is 5.94. The Kier molecular flexibility index (Phi) is 9.63. The van der Waals surface area contributed by atoms with E-state index in [1.165, 1.54) is 32.4 Å². The summed E-state index contributed by atoms with van der Waals surface area (Å²) in [5.41, 5.74) is 1.39. The maximum atomic E-state index is 12.5. The molecule has 2 aromatic carbocycles. The fraction of sp³-hybridized carbons (Fsp3) is 0.370. The molecule has 7 nitrogen and oxygen atoms in total. The number of carboxylic acids is 2. The van der Waals surface area contributed by atoms with Crippen molar-refractivity contribution in [3.05, 3.63) is 76.3 Å². The normalized spacial score (nSPS) is 18.6. The minimum absolute atomic E-state index is 0.0370. The number of halogens is 1. The number of ketones is 1. The van der Waals surface area contributed by atoms with Gasteiger partial charge in [-0.25, -0.2) is 9.59 Å². The Bertz CT molecular complexity index is 1030. The van der Waals surface area contributed by atoms with Crippen LogP contribution in [0.4, 0.5) is 0 Å². The number of rotatable bonds is 11. The molecule has 2 unspecified atom stereocenters. The van der Waals surface area contributed by atoms with Gasteiger partial charge in [-0.05, 0) is 92.6 Å². The molecule has 2 fully saturated rings. The average Bonchev–Trinajstić information content (AvgIpc) is 3.76. The lowest BCUT2D eigenvalue weighted by Crippen LogP contribution is -2.24. The van der Waals surface area contributed by atoms with Crippen molar-refractivity contribution in [3.63, 3.8) is 0 Å². The van der Waals surface area contributed by atoms with E-state index in [9.17, 15) is 14.4 Å². The molecule has 186 valence electrons. The van der Waals surface area contributed by atoms with Gasteiger partial charge in [0.25, 0.3) is 0 Å². The molecule has 8 heteroatoms. The smallest absolute Gasteiger partial charge is 0.328 e. The quantitative estimate of drug-likeness (QED) is 0.311. The lowest BCUT2D eigenvalue weighted by Gasteiger charge is -2.16. The Balaban J connectivity index is 0.000000371. The lowest BCUT2D eigenvalue weighted by molar-refractivity contribution is -0.134. The van der Waals surface area contributed by atoms with E-state index in [0.29, 0.717) is 29.2 Å². The SMILES string of the molecule is CN(CC1CC1)CC1CC1COc1ccc(C(=O)c2ccc(Br)cc2)cc1.O=C(O)C=CC(=O)O. The van der Waals surface area contributed by atoms with E-state index in [1.807, 2.05) is 48.5 Å². The van der Waals surface area contributed by atoms with Gasteiger partial charge in [-0.3, -0.25) is 4.79 Å². The summed E-state index contributed by atoms with van der Waals surface area (Å²) in [4.78, 5) is 34.1. The van der Waals surface area contributed by atoms with Crippen molar-refractivity contribution in [2.24, 2.45) is 17.8 Å². The largest absolute Gasteiger partial charge is 0.493 e. The molecule has 2 saturated carbocycles.